The molecule has 13 heteroatoms. The second-order valence-electron chi connectivity index (χ2n) is 10.3. The van der Waals surface area contributed by atoms with Crippen molar-refractivity contribution in [1.29, 1.82) is 0 Å². The van der Waals surface area contributed by atoms with Gasteiger partial charge in [0.15, 0.2) is 5.69 Å². The Bertz CT molecular complexity index is 1870. The molecule has 4 heterocycles. The minimum Gasteiger partial charge on any atom is -0.364 e. The van der Waals surface area contributed by atoms with E-state index in [0.717, 1.165) is 11.1 Å². The summed E-state index contributed by atoms with van der Waals surface area (Å²) in [4.78, 5) is 27.4. The van der Waals surface area contributed by atoms with Crippen molar-refractivity contribution < 1.29 is 18.4 Å². The van der Waals surface area contributed by atoms with Gasteiger partial charge in [0.05, 0.1) is 30.1 Å². The van der Waals surface area contributed by atoms with Crippen LogP contribution < -0.4 is 11.1 Å². The maximum atomic E-state index is 14.8. The molecule has 1 saturated heterocycles. The first-order chi connectivity index (χ1) is 20.7. The van der Waals surface area contributed by atoms with E-state index in [9.17, 15) is 18.4 Å². The lowest BCUT2D eigenvalue weighted by Crippen LogP contribution is -2.40. The van der Waals surface area contributed by atoms with Gasteiger partial charge in [0.25, 0.3) is 5.91 Å². The number of nitrogens with one attached hydrogen (secondary N) is 1. The molecule has 1 aliphatic heterocycles. The topological polar surface area (TPSA) is 137 Å². The first kappa shape index (κ1) is 27.7. The zero-order chi connectivity index (χ0) is 30.2. The van der Waals surface area contributed by atoms with Crippen molar-refractivity contribution in [3.63, 3.8) is 0 Å². The SMILES string of the molecule is C=C(Cn1nc(C(N)=O)c2cc(-c3ccnnc3)ccc21)N1CC(F)CC1C(=O)Nc1cc(C)nn1-c1ccccc1F. The number of fused-ring (bicyclic) bond motifs is 1. The fourth-order valence-electron chi connectivity index (χ4n) is 5.37. The molecule has 2 atom stereocenters. The van der Waals surface area contributed by atoms with Crippen LogP contribution in [0.5, 0.6) is 0 Å². The molecule has 2 amide bonds. The first-order valence-electron chi connectivity index (χ1n) is 13.5. The van der Waals surface area contributed by atoms with Crippen LogP contribution in [0.2, 0.25) is 0 Å². The number of halogens is 2. The van der Waals surface area contributed by atoms with E-state index < -0.39 is 29.8 Å². The summed E-state index contributed by atoms with van der Waals surface area (Å²) in [6, 6.07) is 14.0. The normalized spacial score (nSPS) is 16.5. The van der Waals surface area contributed by atoms with E-state index in [1.54, 1.807) is 71.4 Å². The van der Waals surface area contributed by atoms with Gasteiger partial charge in [-0.25, -0.2) is 13.5 Å². The van der Waals surface area contributed by atoms with Crippen molar-refractivity contribution in [2.45, 2.75) is 32.1 Å². The molecule has 0 spiro atoms. The smallest absolute Gasteiger partial charge is 0.269 e. The summed E-state index contributed by atoms with van der Waals surface area (Å²) in [6.45, 7) is 5.88. The Morgan fingerprint density at radius 1 is 1.09 bits per heavy atom. The van der Waals surface area contributed by atoms with Gasteiger partial charge in [-0.05, 0) is 42.8 Å². The Labute approximate surface area is 244 Å². The standard InChI is InChI=1S/C30H27F2N9O2/c1-17-11-27(41(37-17)25-6-4-3-5-23(25)32)36-30(43)26-13-21(31)16-39(26)18(2)15-40-24-8-7-19(20-9-10-34-35-14-20)12-22(24)28(38-40)29(33)42/h3-12,14,21,26H,2,13,15-16H2,1H3,(H2,33,42)(H,36,43). The Balaban J connectivity index is 1.26. The number of carbonyl (C=O) groups excluding carboxylic acids is 2. The van der Waals surface area contributed by atoms with E-state index in [4.69, 9.17) is 5.73 Å². The van der Waals surface area contributed by atoms with Crippen molar-refractivity contribution in [2.75, 3.05) is 11.9 Å². The Kier molecular flexibility index (Phi) is 7.14. The number of primary amides is 1. The van der Waals surface area contributed by atoms with Gasteiger partial charge >= 0.3 is 0 Å². The number of hydrogen-bond donors (Lipinski definition) is 2. The van der Waals surface area contributed by atoms with Gasteiger partial charge < -0.3 is 16.0 Å². The van der Waals surface area contributed by atoms with E-state index in [2.05, 4.69) is 32.3 Å². The number of nitrogens with two attached hydrogens (primary N) is 1. The molecule has 11 nitrogen and oxygen atoms in total. The molecule has 6 rings (SSSR count). The highest BCUT2D eigenvalue weighted by Gasteiger charge is 2.38. The quantitative estimate of drug-likeness (QED) is 0.284. The average Bonchev–Trinajstić information content (AvgIpc) is 3.68. The van der Waals surface area contributed by atoms with E-state index in [1.807, 2.05) is 6.07 Å². The summed E-state index contributed by atoms with van der Waals surface area (Å²) in [5.41, 5.74) is 9.08. The molecule has 2 unspecified atom stereocenters. The molecule has 1 aliphatic rings. The van der Waals surface area contributed by atoms with Gasteiger partial charge in [0.1, 0.15) is 29.5 Å². The van der Waals surface area contributed by atoms with E-state index in [0.29, 0.717) is 22.3 Å². The Hall–Kier alpha value is -5.46. The number of hydrogen-bond acceptors (Lipinski definition) is 7. The number of amides is 2. The van der Waals surface area contributed by atoms with E-state index in [-0.39, 0.29) is 36.7 Å². The monoisotopic (exact) mass is 583 g/mol. The van der Waals surface area contributed by atoms with Crippen molar-refractivity contribution >= 4 is 28.5 Å². The van der Waals surface area contributed by atoms with Crippen molar-refractivity contribution in [2.24, 2.45) is 5.73 Å². The summed E-state index contributed by atoms with van der Waals surface area (Å²) < 4.78 is 32.1. The van der Waals surface area contributed by atoms with Gasteiger partial charge in [0, 0.05) is 35.7 Å². The maximum absolute atomic E-state index is 14.8. The first-order valence-corrected chi connectivity index (χ1v) is 13.5. The molecular formula is C30H27F2N9O2. The van der Waals surface area contributed by atoms with Crippen LogP contribution >= 0.6 is 0 Å². The third-order valence-corrected chi connectivity index (χ3v) is 7.36. The zero-order valence-electron chi connectivity index (χ0n) is 23.1. The highest BCUT2D eigenvalue weighted by Crippen LogP contribution is 2.30. The molecule has 2 aromatic carbocycles. The zero-order valence-corrected chi connectivity index (χ0v) is 23.1. The predicted octanol–water partition coefficient (Wildman–Crippen LogP) is 3.79. The third kappa shape index (κ3) is 5.32. The number of nitrogens with zero attached hydrogens (tertiary/aromatic N) is 7. The number of rotatable bonds is 8. The third-order valence-electron chi connectivity index (χ3n) is 7.36. The molecule has 3 N–H and O–H groups in total. The van der Waals surface area contributed by atoms with Crippen molar-refractivity contribution in [3.05, 3.63) is 96.5 Å². The summed E-state index contributed by atoms with van der Waals surface area (Å²) in [5, 5.41) is 19.8. The van der Waals surface area contributed by atoms with Crippen molar-refractivity contribution in [3.8, 4) is 16.8 Å². The lowest BCUT2D eigenvalue weighted by molar-refractivity contribution is -0.119. The summed E-state index contributed by atoms with van der Waals surface area (Å²) in [5.74, 6) is -1.45. The predicted molar refractivity (Wildman–Crippen MR) is 155 cm³/mol. The summed E-state index contributed by atoms with van der Waals surface area (Å²) >= 11 is 0. The molecule has 218 valence electrons. The molecule has 3 aromatic heterocycles. The minimum atomic E-state index is -1.28. The number of carbonyl (C=O) groups is 2. The molecular weight excluding hydrogens is 556 g/mol. The molecule has 0 saturated carbocycles. The number of benzene rings is 2. The number of allylic oxidation sites excluding steroid dienone is 1. The Morgan fingerprint density at radius 2 is 1.91 bits per heavy atom. The van der Waals surface area contributed by atoms with Crippen LogP contribution in [0.4, 0.5) is 14.6 Å². The van der Waals surface area contributed by atoms with Gasteiger partial charge in [-0.3, -0.25) is 14.3 Å². The largest absolute Gasteiger partial charge is 0.364 e. The second kappa shape index (κ2) is 11.1. The van der Waals surface area contributed by atoms with Crippen LogP contribution in [0.15, 0.2) is 79.3 Å². The molecule has 1 fully saturated rings. The molecule has 43 heavy (non-hydrogen) atoms. The number of likely N-dealkylation sites (tertiary alicyclic amines) is 1. The van der Waals surface area contributed by atoms with Crippen LogP contribution in [-0.2, 0) is 11.3 Å². The van der Waals surface area contributed by atoms with Crippen LogP contribution in [0, 0.1) is 12.7 Å². The molecule has 0 aliphatic carbocycles. The number of alkyl halides is 1. The molecule has 5 aromatic rings. The number of anilines is 1. The van der Waals surface area contributed by atoms with Gasteiger partial charge in [-0.1, -0.05) is 24.8 Å². The molecule has 0 radical (unpaired) electrons. The van der Waals surface area contributed by atoms with Crippen molar-refractivity contribution in [1.82, 2.24) is 34.7 Å². The number of para-hydroxylation sites is 1. The number of aromatic nitrogens is 6. The summed E-state index contributed by atoms with van der Waals surface area (Å²) in [7, 11) is 0. The van der Waals surface area contributed by atoms with Gasteiger partial charge in [-0.15, -0.1) is 0 Å². The lowest BCUT2D eigenvalue weighted by atomic mass is 10.0. The lowest BCUT2D eigenvalue weighted by Gasteiger charge is -2.27. The number of aryl methyl sites for hydroxylation is 1. The van der Waals surface area contributed by atoms with E-state index in [1.165, 1.54) is 10.7 Å². The average molecular weight is 584 g/mol. The van der Waals surface area contributed by atoms with Gasteiger partial charge in [-0.2, -0.15) is 20.4 Å². The van der Waals surface area contributed by atoms with Gasteiger partial charge in [0.2, 0.25) is 5.91 Å². The second-order valence-corrected chi connectivity index (χ2v) is 10.3. The highest BCUT2D eigenvalue weighted by molar-refractivity contribution is 6.05. The van der Waals surface area contributed by atoms with E-state index >= 15 is 0 Å². The summed E-state index contributed by atoms with van der Waals surface area (Å²) in [6.07, 6.45) is 1.83. The van der Waals surface area contributed by atoms with Crippen LogP contribution in [-0.4, -0.2) is 65.2 Å². The fourth-order valence-corrected chi connectivity index (χ4v) is 5.37. The van der Waals surface area contributed by atoms with Crippen LogP contribution in [0.3, 0.4) is 0 Å². The van der Waals surface area contributed by atoms with Crippen LogP contribution in [0.25, 0.3) is 27.7 Å². The Morgan fingerprint density at radius 3 is 2.65 bits per heavy atom. The maximum Gasteiger partial charge on any atom is 0.269 e. The fraction of sp³-hybridized carbons (Fsp3) is 0.200. The van der Waals surface area contributed by atoms with Crippen LogP contribution in [0.1, 0.15) is 22.6 Å². The highest BCUT2D eigenvalue weighted by atomic mass is 19.1. The minimum absolute atomic E-state index is 0.0520. The molecule has 0 bridgehead atoms.